The van der Waals surface area contributed by atoms with Gasteiger partial charge in [-0.25, -0.2) is 9.78 Å². The average Bonchev–Trinajstić information content (AvgIpc) is 2.78. The molecule has 2 rings (SSSR count). The maximum atomic E-state index is 11.6. The number of aryl methyl sites for hydroxylation is 2. The number of rotatable bonds is 4. The van der Waals surface area contributed by atoms with E-state index in [9.17, 15) is 4.79 Å². The summed E-state index contributed by atoms with van der Waals surface area (Å²) in [6.07, 6.45) is 4.05. The fourth-order valence-electron chi connectivity index (χ4n) is 1.79. The fourth-order valence-corrected chi connectivity index (χ4v) is 1.79. The summed E-state index contributed by atoms with van der Waals surface area (Å²) in [5.74, 6) is 0.433. The lowest BCUT2D eigenvalue weighted by Gasteiger charge is -2.08. The zero-order valence-electron chi connectivity index (χ0n) is 10.5. The molecule has 0 aliphatic heterocycles. The van der Waals surface area contributed by atoms with Crippen molar-refractivity contribution in [2.45, 2.75) is 19.9 Å². The van der Waals surface area contributed by atoms with E-state index in [0.29, 0.717) is 12.2 Å². The van der Waals surface area contributed by atoms with Gasteiger partial charge in [0.05, 0.1) is 13.3 Å². The van der Waals surface area contributed by atoms with Crippen LogP contribution in [0.15, 0.2) is 30.6 Å². The molecule has 0 saturated heterocycles. The highest BCUT2D eigenvalue weighted by Gasteiger charge is 2.14. The summed E-state index contributed by atoms with van der Waals surface area (Å²) in [7, 11) is 1.37. The number of nitrogens with zero attached hydrogens (tertiary/aromatic N) is 3. The Labute approximate surface area is 105 Å². The Morgan fingerprint density at radius 2 is 2.22 bits per heavy atom. The molecule has 0 aliphatic carbocycles. The highest BCUT2D eigenvalue weighted by molar-refractivity contribution is 5.87. The van der Waals surface area contributed by atoms with Gasteiger partial charge >= 0.3 is 5.97 Å². The SMILES string of the molecule is COC(=O)c1cnc(C)n1CCc1ccccn1. The van der Waals surface area contributed by atoms with Crippen molar-refractivity contribution in [3.63, 3.8) is 0 Å². The first-order chi connectivity index (χ1) is 8.72. The van der Waals surface area contributed by atoms with E-state index in [1.54, 1.807) is 12.4 Å². The lowest BCUT2D eigenvalue weighted by atomic mass is 10.2. The van der Waals surface area contributed by atoms with Gasteiger partial charge in [0.2, 0.25) is 0 Å². The lowest BCUT2D eigenvalue weighted by Crippen LogP contribution is -2.13. The molecule has 0 aliphatic rings. The average molecular weight is 245 g/mol. The normalized spacial score (nSPS) is 10.3. The number of pyridine rings is 1. The van der Waals surface area contributed by atoms with Crippen molar-refractivity contribution >= 4 is 5.97 Å². The number of ether oxygens (including phenoxy) is 1. The molecular weight excluding hydrogens is 230 g/mol. The fraction of sp³-hybridized carbons (Fsp3) is 0.308. The summed E-state index contributed by atoms with van der Waals surface area (Å²) in [6.45, 7) is 2.53. The Morgan fingerprint density at radius 3 is 2.89 bits per heavy atom. The van der Waals surface area contributed by atoms with E-state index in [-0.39, 0.29) is 5.97 Å². The zero-order valence-corrected chi connectivity index (χ0v) is 10.5. The Balaban J connectivity index is 2.14. The number of carbonyl (C=O) groups is 1. The molecule has 18 heavy (non-hydrogen) atoms. The number of aromatic nitrogens is 3. The van der Waals surface area contributed by atoms with Gasteiger partial charge in [0, 0.05) is 24.9 Å². The predicted octanol–water partition coefficient (Wildman–Crippen LogP) is 1.62. The van der Waals surface area contributed by atoms with Crippen molar-refractivity contribution in [1.29, 1.82) is 0 Å². The van der Waals surface area contributed by atoms with Gasteiger partial charge < -0.3 is 9.30 Å². The molecule has 0 amide bonds. The van der Waals surface area contributed by atoms with Crippen molar-refractivity contribution in [1.82, 2.24) is 14.5 Å². The van der Waals surface area contributed by atoms with Crippen LogP contribution in [0.4, 0.5) is 0 Å². The van der Waals surface area contributed by atoms with Gasteiger partial charge in [-0.3, -0.25) is 4.98 Å². The van der Waals surface area contributed by atoms with Gasteiger partial charge in [0.15, 0.2) is 0 Å². The molecule has 0 bridgehead atoms. The first kappa shape index (κ1) is 12.3. The molecule has 0 fully saturated rings. The van der Waals surface area contributed by atoms with Crippen molar-refractivity contribution in [2.24, 2.45) is 0 Å². The van der Waals surface area contributed by atoms with E-state index >= 15 is 0 Å². The van der Waals surface area contributed by atoms with Crippen LogP contribution in [0.1, 0.15) is 22.0 Å². The van der Waals surface area contributed by atoms with E-state index in [1.165, 1.54) is 7.11 Å². The Kier molecular flexibility index (Phi) is 3.72. The Bertz CT molecular complexity index is 534. The van der Waals surface area contributed by atoms with Gasteiger partial charge in [-0.15, -0.1) is 0 Å². The van der Waals surface area contributed by atoms with Gasteiger partial charge in [-0.05, 0) is 19.1 Å². The van der Waals surface area contributed by atoms with Crippen LogP contribution in [0.5, 0.6) is 0 Å². The molecule has 0 radical (unpaired) electrons. The molecule has 5 heteroatoms. The largest absolute Gasteiger partial charge is 0.464 e. The number of carbonyl (C=O) groups excluding carboxylic acids is 1. The molecule has 2 aromatic rings. The topological polar surface area (TPSA) is 57.0 Å². The van der Waals surface area contributed by atoms with Gasteiger partial charge in [-0.1, -0.05) is 6.07 Å². The van der Waals surface area contributed by atoms with Gasteiger partial charge in [0.25, 0.3) is 0 Å². The maximum absolute atomic E-state index is 11.6. The van der Waals surface area contributed by atoms with Crippen LogP contribution >= 0.6 is 0 Å². The number of methoxy groups -OCH3 is 1. The summed E-state index contributed by atoms with van der Waals surface area (Å²) in [5.41, 5.74) is 1.47. The minimum absolute atomic E-state index is 0.364. The standard InChI is InChI=1S/C13H15N3O2/c1-10-15-9-12(13(17)18-2)16(10)8-6-11-5-3-4-7-14-11/h3-5,7,9H,6,8H2,1-2H3. The van der Waals surface area contributed by atoms with Crippen LogP contribution in [-0.4, -0.2) is 27.6 Å². The molecule has 0 N–H and O–H groups in total. The van der Waals surface area contributed by atoms with E-state index in [2.05, 4.69) is 9.97 Å². The molecule has 5 nitrogen and oxygen atoms in total. The van der Waals surface area contributed by atoms with E-state index in [1.807, 2.05) is 29.7 Å². The minimum Gasteiger partial charge on any atom is -0.464 e. The lowest BCUT2D eigenvalue weighted by molar-refractivity contribution is 0.0588. The third-order valence-electron chi connectivity index (χ3n) is 2.77. The van der Waals surface area contributed by atoms with E-state index < -0.39 is 0 Å². The van der Waals surface area contributed by atoms with E-state index in [4.69, 9.17) is 4.74 Å². The van der Waals surface area contributed by atoms with Crippen LogP contribution in [0.2, 0.25) is 0 Å². The molecule has 2 heterocycles. The second kappa shape index (κ2) is 5.44. The Morgan fingerprint density at radius 1 is 1.39 bits per heavy atom. The van der Waals surface area contributed by atoms with Crippen LogP contribution < -0.4 is 0 Å². The third-order valence-corrected chi connectivity index (χ3v) is 2.77. The molecule has 0 saturated carbocycles. The van der Waals surface area contributed by atoms with Gasteiger partial charge in [0.1, 0.15) is 11.5 Å². The minimum atomic E-state index is -0.364. The molecule has 0 unspecified atom stereocenters. The monoisotopic (exact) mass is 245 g/mol. The Hall–Kier alpha value is -2.17. The summed E-state index contributed by atoms with van der Waals surface area (Å²) in [4.78, 5) is 20.0. The quantitative estimate of drug-likeness (QED) is 0.768. The summed E-state index contributed by atoms with van der Waals surface area (Å²) in [6, 6.07) is 5.79. The molecule has 0 atom stereocenters. The predicted molar refractivity (Wildman–Crippen MR) is 66.2 cm³/mol. The second-order valence-electron chi connectivity index (χ2n) is 3.90. The van der Waals surface area contributed by atoms with E-state index in [0.717, 1.165) is 17.9 Å². The van der Waals surface area contributed by atoms with Gasteiger partial charge in [-0.2, -0.15) is 0 Å². The van der Waals surface area contributed by atoms with Crippen molar-refractivity contribution in [2.75, 3.05) is 7.11 Å². The zero-order chi connectivity index (χ0) is 13.0. The highest BCUT2D eigenvalue weighted by Crippen LogP contribution is 2.08. The number of hydrogen-bond acceptors (Lipinski definition) is 4. The van der Waals surface area contributed by atoms with Crippen LogP contribution in [0.3, 0.4) is 0 Å². The molecule has 94 valence electrons. The smallest absolute Gasteiger partial charge is 0.356 e. The number of hydrogen-bond donors (Lipinski definition) is 0. The van der Waals surface area contributed by atoms with Crippen LogP contribution in [0, 0.1) is 6.92 Å². The highest BCUT2D eigenvalue weighted by atomic mass is 16.5. The maximum Gasteiger partial charge on any atom is 0.356 e. The van der Waals surface area contributed by atoms with Crippen molar-refractivity contribution < 1.29 is 9.53 Å². The summed E-state index contributed by atoms with van der Waals surface area (Å²) < 4.78 is 6.57. The number of imidazole rings is 1. The molecule has 0 spiro atoms. The third kappa shape index (κ3) is 2.56. The van der Waals surface area contributed by atoms with Crippen molar-refractivity contribution in [3.05, 3.63) is 47.8 Å². The number of esters is 1. The first-order valence-electron chi connectivity index (χ1n) is 5.72. The molecular formula is C13H15N3O2. The molecule has 0 aromatic carbocycles. The van der Waals surface area contributed by atoms with Crippen LogP contribution in [-0.2, 0) is 17.7 Å². The van der Waals surface area contributed by atoms with Crippen LogP contribution in [0.25, 0.3) is 0 Å². The first-order valence-corrected chi connectivity index (χ1v) is 5.72. The summed E-state index contributed by atoms with van der Waals surface area (Å²) in [5, 5.41) is 0. The molecule has 2 aromatic heterocycles. The summed E-state index contributed by atoms with van der Waals surface area (Å²) >= 11 is 0. The second-order valence-corrected chi connectivity index (χ2v) is 3.90. The van der Waals surface area contributed by atoms with Crippen molar-refractivity contribution in [3.8, 4) is 0 Å².